The fourth-order valence-corrected chi connectivity index (χ4v) is 7.32. The van der Waals surface area contributed by atoms with E-state index in [1.165, 1.54) is 0 Å². The van der Waals surface area contributed by atoms with E-state index in [0.717, 1.165) is 25.7 Å². The minimum absolute atomic E-state index is 0.181. The van der Waals surface area contributed by atoms with Crippen LogP contribution in [0.4, 0.5) is 0 Å². The number of esters is 4. The van der Waals surface area contributed by atoms with Gasteiger partial charge in [-0.1, -0.05) is 114 Å². The topological polar surface area (TPSA) is 124 Å². The highest BCUT2D eigenvalue weighted by Crippen LogP contribution is 2.46. The van der Waals surface area contributed by atoms with Gasteiger partial charge in [0.2, 0.25) is 12.6 Å². The van der Waals surface area contributed by atoms with Gasteiger partial charge >= 0.3 is 23.9 Å². The van der Waals surface area contributed by atoms with Crippen molar-refractivity contribution in [2.45, 2.75) is 104 Å². The third-order valence-electron chi connectivity index (χ3n) is 11.1. The van der Waals surface area contributed by atoms with E-state index < -0.39 is 59.5 Å². The zero-order valence-electron chi connectivity index (χ0n) is 32.9. The van der Waals surface area contributed by atoms with Crippen molar-refractivity contribution in [3.8, 4) is 0 Å². The molecule has 0 saturated carbocycles. The van der Waals surface area contributed by atoms with Crippen LogP contribution < -0.4 is 0 Å². The summed E-state index contributed by atoms with van der Waals surface area (Å²) in [6.07, 6.45) is -0.753. The molecule has 0 radical (unpaired) electrons. The second kappa shape index (κ2) is 19.0. The zero-order valence-corrected chi connectivity index (χ0v) is 32.9. The Balaban J connectivity index is 0.000000214. The molecule has 0 bridgehead atoms. The zero-order chi connectivity index (χ0) is 40.3. The molecular formula is C46H52O10. The van der Waals surface area contributed by atoms with Crippen molar-refractivity contribution in [1.82, 2.24) is 0 Å². The Bertz CT molecular complexity index is 1750. The summed E-state index contributed by atoms with van der Waals surface area (Å²) in [5, 5.41) is 0. The summed E-state index contributed by atoms with van der Waals surface area (Å²) in [5.41, 5.74) is 0.847. The van der Waals surface area contributed by atoms with Crippen LogP contribution in [0.1, 0.15) is 109 Å². The monoisotopic (exact) mass is 764 g/mol. The number of hydrogen-bond donors (Lipinski definition) is 0. The molecule has 0 N–H and O–H groups in total. The number of carbonyl (C=O) groups is 4. The first-order valence-electron chi connectivity index (χ1n) is 19.3. The lowest BCUT2D eigenvalue weighted by molar-refractivity contribution is -0.137. The second-order valence-electron chi connectivity index (χ2n) is 14.4. The summed E-state index contributed by atoms with van der Waals surface area (Å²) in [4.78, 5) is 50.5. The summed E-state index contributed by atoms with van der Waals surface area (Å²) in [6.45, 7) is 12.1. The molecule has 8 atom stereocenters. The van der Waals surface area contributed by atoms with Gasteiger partial charge in [-0.25, -0.2) is 19.2 Å². The Morgan fingerprint density at radius 1 is 0.446 bits per heavy atom. The van der Waals surface area contributed by atoms with Gasteiger partial charge in [-0.3, -0.25) is 0 Å². The van der Waals surface area contributed by atoms with Crippen LogP contribution in [0.3, 0.4) is 0 Å². The summed E-state index contributed by atoms with van der Waals surface area (Å²) in [6, 6.07) is 35.0. The summed E-state index contributed by atoms with van der Waals surface area (Å²) in [5.74, 6) is -1.90. The number of benzene rings is 4. The van der Waals surface area contributed by atoms with Gasteiger partial charge in [0.1, 0.15) is 0 Å². The van der Waals surface area contributed by atoms with E-state index in [2.05, 4.69) is 0 Å². The third kappa shape index (κ3) is 9.37. The predicted octanol–water partition coefficient (Wildman–Crippen LogP) is 9.24. The van der Waals surface area contributed by atoms with Gasteiger partial charge in [-0.15, -0.1) is 0 Å². The quantitative estimate of drug-likeness (QED) is 0.102. The SMILES string of the molecule is CCC1OC(OC(=O)c2ccccc2)[C@@H](OC(=O)c2ccccc2)[C@]1(C)CC.CCC1OC(OC(=O)c2ccccc2)[C@H](OC(=O)c2ccccc2)[C@@]1(C)CC. The first kappa shape index (κ1) is 41.8. The highest BCUT2D eigenvalue weighted by Gasteiger charge is 2.57. The summed E-state index contributed by atoms with van der Waals surface area (Å²) < 4.78 is 35.0. The lowest BCUT2D eigenvalue weighted by Gasteiger charge is -2.33. The van der Waals surface area contributed by atoms with Gasteiger partial charge < -0.3 is 28.4 Å². The molecule has 0 aromatic heterocycles. The van der Waals surface area contributed by atoms with Crippen LogP contribution in [-0.4, -0.2) is 60.9 Å². The van der Waals surface area contributed by atoms with Crippen LogP contribution in [0.2, 0.25) is 0 Å². The Kier molecular flexibility index (Phi) is 14.2. The van der Waals surface area contributed by atoms with E-state index in [1.807, 2.05) is 65.8 Å². The number of ether oxygens (including phenoxy) is 6. The van der Waals surface area contributed by atoms with Crippen LogP contribution in [0.5, 0.6) is 0 Å². The predicted molar refractivity (Wildman–Crippen MR) is 210 cm³/mol. The lowest BCUT2D eigenvalue weighted by Crippen LogP contribution is -2.42. The maximum atomic E-state index is 12.7. The van der Waals surface area contributed by atoms with Crippen molar-refractivity contribution in [1.29, 1.82) is 0 Å². The maximum absolute atomic E-state index is 12.7. The van der Waals surface area contributed by atoms with Crippen molar-refractivity contribution in [3.63, 3.8) is 0 Å². The summed E-state index contributed by atoms with van der Waals surface area (Å²) >= 11 is 0. The molecule has 0 aliphatic carbocycles. The van der Waals surface area contributed by atoms with E-state index >= 15 is 0 Å². The molecule has 56 heavy (non-hydrogen) atoms. The van der Waals surface area contributed by atoms with Crippen LogP contribution in [0.15, 0.2) is 121 Å². The highest BCUT2D eigenvalue weighted by atomic mass is 16.7. The van der Waals surface area contributed by atoms with Gasteiger partial charge in [0.15, 0.2) is 12.2 Å². The number of hydrogen-bond acceptors (Lipinski definition) is 10. The molecule has 4 unspecified atom stereocenters. The van der Waals surface area contributed by atoms with Gasteiger partial charge in [0, 0.05) is 10.8 Å². The first-order chi connectivity index (χ1) is 27.0. The molecule has 0 spiro atoms. The number of rotatable bonds is 12. The van der Waals surface area contributed by atoms with Crippen molar-refractivity contribution >= 4 is 23.9 Å². The Morgan fingerprint density at radius 3 is 0.929 bits per heavy atom. The Hall–Kier alpha value is -5.32. The molecule has 296 valence electrons. The summed E-state index contributed by atoms with van der Waals surface area (Å²) in [7, 11) is 0. The molecule has 0 amide bonds. The minimum Gasteiger partial charge on any atom is -0.451 e. The average molecular weight is 765 g/mol. The Morgan fingerprint density at radius 2 is 0.696 bits per heavy atom. The van der Waals surface area contributed by atoms with Gasteiger partial charge in [-0.2, -0.15) is 0 Å². The van der Waals surface area contributed by atoms with Crippen molar-refractivity contribution in [2.24, 2.45) is 10.8 Å². The van der Waals surface area contributed by atoms with Gasteiger partial charge in [-0.05, 0) is 74.2 Å². The van der Waals surface area contributed by atoms with Crippen molar-refractivity contribution in [3.05, 3.63) is 144 Å². The fraction of sp³-hybridized carbons (Fsp3) is 0.391. The molecule has 6 rings (SSSR count). The van der Waals surface area contributed by atoms with Crippen LogP contribution in [-0.2, 0) is 28.4 Å². The van der Waals surface area contributed by atoms with Crippen LogP contribution in [0.25, 0.3) is 0 Å². The van der Waals surface area contributed by atoms with E-state index in [4.69, 9.17) is 28.4 Å². The standard InChI is InChI=1S/2C23H26O5/c2*1-4-18-23(3,5-2)19(27-20(24)16-12-8-6-9-13-16)22(26-18)28-21(25)17-14-10-7-11-15-17/h2*6-15,18-19,22H,4-5H2,1-3H3/t2*18?,19-,22?,23-/m10/s1. The highest BCUT2D eigenvalue weighted by molar-refractivity contribution is 5.91. The molecular weight excluding hydrogens is 712 g/mol. The molecule has 2 saturated heterocycles. The lowest BCUT2D eigenvalue weighted by atomic mass is 9.77. The van der Waals surface area contributed by atoms with Crippen LogP contribution >= 0.6 is 0 Å². The van der Waals surface area contributed by atoms with Crippen molar-refractivity contribution < 1.29 is 47.6 Å². The normalized spacial score (nSPS) is 26.6. The van der Waals surface area contributed by atoms with E-state index in [9.17, 15) is 19.2 Å². The smallest absolute Gasteiger partial charge is 0.340 e. The molecule has 2 aliphatic rings. The van der Waals surface area contributed by atoms with Crippen molar-refractivity contribution in [2.75, 3.05) is 0 Å². The fourth-order valence-electron chi connectivity index (χ4n) is 7.32. The molecule has 2 fully saturated rings. The second-order valence-corrected chi connectivity index (χ2v) is 14.4. The number of carbonyl (C=O) groups excluding carboxylic acids is 4. The minimum atomic E-state index is -0.949. The first-order valence-corrected chi connectivity index (χ1v) is 19.3. The van der Waals surface area contributed by atoms with E-state index in [0.29, 0.717) is 22.3 Å². The molecule has 4 aromatic carbocycles. The van der Waals surface area contributed by atoms with Crippen LogP contribution in [0, 0.1) is 10.8 Å². The maximum Gasteiger partial charge on any atom is 0.340 e. The van der Waals surface area contributed by atoms with Gasteiger partial charge in [0.05, 0.1) is 34.5 Å². The molecule has 10 heteroatoms. The third-order valence-corrected chi connectivity index (χ3v) is 11.1. The Labute approximate surface area is 329 Å². The molecule has 4 aromatic rings. The largest absolute Gasteiger partial charge is 0.451 e. The molecule has 2 heterocycles. The molecule has 10 nitrogen and oxygen atoms in total. The van der Waals surface area contributed by atoms with E-state index in [-0.39, 0.29) is 12.2 Å². The molecule has 2 aliphatic heterocycles. The van der Waals surface area contributed by atoms with Gasteiger partial charge in [0.25, 0.3) is 0 Å². The van der Waals surface area contributed by atoms with E-state index in [1.54, 1.807) is 97.1 Å². The average Bonchev–Trinajstić information content (AvgIpc) is 3.66.